The van der Waals surface area contributed by atoms with Crippen LogP contribution >= 0.6 is 22.6 Å². The molecular formula is C14H15IN2O3. The van der Waals surface area contributed by atoms with Gasteiger partial charge in [0.2, 0.25) is 0 Å². The first-order valence-corrected chi connectivity index (χ1v) is 7.55. The number of aromatic amines is 1. The number of halogens is 1. The predicted octanol–water partition coefficient (Wildman–Crippen LogP) is 2.90. The van der Waals surface area contributed by atoms with E-state index < -0.39 is 0 Å². The highest BCUT2D eigenvalue weighted by molar-refractivity contribution is 14.1. The van der Waals surface area contributed by atoms with Crippen LogP contribution < -0.4 is 5.56 Å². The summed E-state index contributed by atoms with van der Waals surface area (Å²) >= 11 is 1.98. The molecule has 20 heavy (non-hydrogen) atoms. The van der Waals surface area contributed by atoms with E-state index in [1.54, 1.807) is 7.11 Å². The summed E-state index contributed by atoms with van der Waals surface area (Å²) in [5, 5.41) is 0. The van der Waals surface area contributed by atoms with Crippen LogP contribution in [0.2, 0.25) is 0 Å². The van der Waals surface area contributed by atoms with Gasteiger partial charge in [0.05, 0.1) is 12.3 Å². The zero-order chi connectivity index (χ0) is 14.3. The number of furan rings is 1. The summed E-state index contributed by atoms with van der Waals surface area (Å²) < 4.78 is 11.4. The first-order valence-electron chi connectivity index (χ1n) is 6.48. The van der Waals surface area contributed by atoms with Crippen molar-refractivity contribution in [2.24, 2.45) is 5.92 Å². The molecule has 0 bridgehead atoms. The van der Waals surface area contributed by atoms with Crippen LogP contribution in [0.3, 0.4) is 0 Å². The van der Waals surface area contributed by atoms with E-state index in [4.69, 9.17) is 9.15 Å². The Morgan fingerprint density at radius 2 is 2.30 bits per heavy atom. The molecule has 1 aliphatic rings. The maximum Gasteiger partial charge on any atom is 0.265 e. The van der Waals surface area contributed by atoms with Gasteiger partial charge in [-0.1, -0.05) is 6.92 Å². The third-order valence-corrected chi connectivity index (χ3v) is 4.66. The van der Waals surface area contributed by atoms with Crippen molar-refractivity contribution < 1.29 is 9.15 Å². The van der Waals surface area contributed by atoms with E-state index in [1.165, 1.54) is 6.42 Å². The van der Waals surface area contributed by atoms with Crippen molar-refractivity contribution >= 4 is 22.6 Å². The maximum absolute atomic E-state index is 11.9. The van der Waals surface area contributed by atoms with Crippen LogP contribution in [0.1, 0.15) is 30.7 Å². The largest absolute Gasteiger partial charge is 0.458 e. The standard InChI is InChI=1S/C14H15IN2O3/c1-7-5-8(7)10-3-4-11(20-10)13-16-9(6-19-2)12(15)14(18)17-13/h3-4,7-8H,5-6H2,1-2H3,(H,16,17,18). The minimum Gasteiger partial charge on any atom is -0.458 e. The highest BCUT2D eigenvalue weighted by Gasteiger charge is 2.36. The van der Waals surface area contributed by atoms with Crippen molar-refractivity contribution in [3.63, 3.8) is 0 Å². The van der Waals surface area contributed by atoms with Gasteiger partial charge >= 0.3 is 0 Å². The molecule has 3 rings (SSSR count). The summed E-state index contributed by atoms with van der Waals surface area (Å²) in [6.07, 6.45) is 1.17. The molecule has 2 atom stereocenters. The number of nitrogens with one attached hydrogen (secondary N) is 1. The van der Waals surface area contributed by atoms with Crippen molar-refractivity contribution in [2.75, 3.05) is 7.11 Å². The fourth-order valence-electron chi connectivity index (χ4n) is 2.25. The van der Waals surface area contributed by atoms with Crippen molar-refractivity contribution in [1.29, 1.82) is 0 Å². The lowest BCUT2D eigenvalue weighted by Gasteiger charge is -2.04. The number of rotatable bonds is 4. The van der Waals surface area contributed by atoms with Crippen molar-refractivity contribution in [3.05, 3.63) is 37.5 Å². The van der Waals surface area contributed by atoms with Crippen molar-refractivity contribution in [3.8, 4) is 11.6 Å². The molecule has 0 aliphatic heterocycles. The van der Waals surface area contributed by atoms with E-state index in [-0.39, 0.29) is 5.56 Å². The second-order valence-corrected chi connectivity index (χ2v) is 6.21. The Labute approximate surface area is 129 Å². The van der Waals surface area contributed by atoms with Gasteiger partial charge in [-0.25, -0.2) is 4.98 Å². The summed E-state index contributed by atoms with van der Waals surface area (Å²) in [7, 11) is 1.58. The maximum atomic E-state index is 11.9. The molecule has 0 aromatic carbocycles. The summed E-state index contributed by atoms with van der Waals surface area (Å²) in [4.78, 5) is 19.1. The normalized spacial score (nSPS) is 21.1. The molecule has 2 aromatic heterocycles. The Morgan fingerprint density at radius 3 is 2.95 bits per heavy atom. The molecule has 1 fully saturated rings. The first-order chi connectivity index (χ1) is 9.60. The minimum absolute atomic E-state index is 0.166. The third-order valence-electron chi connectivity index (χ3n) is 3.55. The molecule has 2 unspecified atom stereocenters. The van der Waals surface area contributed by atoms with Crippen LogP contribution in [0, 0.1) is 9.49 Å². The summed E-state index contributed by atoms with van der Waals surface area (Å²) in [6, 6.07) is 3.83. The Bertz CT molecular complexity index is 692. The predicted molar refractivity (Wildman–Crippen MR) is 82.5 cm³/mol. The zero-order valence-electron chi connectivity index (χ0n) is 11.3. The molecule has 0 amide bonds. The quantitative estimate of drug-likeness (QED) is 0.821. The highest BCUT2D eigenvalue weighted by atomic mass is 127. The van der Waals surface area contributed by atoms with Gasteiger partial charge in [-0.3, -0.25) is 4.79 Å². The smallest absolute Gasteiger partial charge is 0.265 e. The van der Waals surface area contributed by atoms with Crippen LogP contribution in [-0.2, 0) is 11.3 Å². The Morgan fingerprint density at radius 1 is 1.55 bits per heavy atom. The topological polar surface area (TPSA) is 68.1 Å². The average molecular weight is 386 g/mol. The lowest BCUT2D eigenvalue weighted by Crippen LogP contribution is -2.16. The Hall–Kier alpha value is -1.15. The van der Waals surface area contributed by atoms with E-state index in [2.05, 4.69) is 16.9 Å². The fraction of sp³-hybridized carbons (Fsp3) is 0.429. The molecule has 1 saturated carbocycles. The molecule has 0 saturated heterocycles. The van der Waals surface area contributed by atoms with Gasteiger partial charge in [-0.15, -0.1) is 0 Å². The van der Waals surface area contributed by atoms with Crippen LogP contribution in [-0.4, -0.2) is 17.1 Å². The molecule has 106 valence electrons. The number of nitrogens with zero attached hydrogens (tertiary/aromatic N) is 1. The first kappa shape index (κ1) is 13.8. The van der Waals surface area contributed by atoms with Crippen LogP contribution in [0.15, 0.2) is 21.3 Å². The van der Waals surface area contributed by atoms with E-state index in [1.807, 2.05) is 34.7 Å². The van der Waals surface area contributed by atoms with Gasteiger partial charge in [0.1, 0.15) is 9.33 Å². The second kappa shape index (κ2) is 5.33. The van der Waals surface area contributed by atoms with Gasteiger partial charge in [-0.05, 0) is 47.1 Å². The number of H-pyrrole nitrogens is 1. The average Bonchev–Trinajstić information content (AvgIpc) is 2.96. The van der Waals surface area contributed by atoms with Crippen LogP contribution in [0.25, 0.3) is 11.6 Å². The van der Waals surface area contributed by atoms with Crippen LogP contribution in [0.5, 0.6) is 0 Å². The van der Waals surface area contributed by atoms with Gasteiger partial charge in [0, 0.05) is 13.0 Å². The van der Waals surface area contributed by atoms with E-state index in [9.17, 15) is 4.79 Å². The molecule has 6 heteroatoms. The fourth-order valence-corrected chi connectivity index (χ4v) is 2.66. The molecule has 0 radical (unpaired) electrons. The summed E-state index contributed by atoms with van der Waals surface area (Å²) in [5.74, 6) is 3.23. The molecule has 1 N–H and O–H groups in total. The summed E-state index contributed by atoms with van der Waals surface area (Å²) in [5.41, 5.74) is 0.463. The van der Waals surface area contributed by atoms with E-state index >= 15 is 0 Å². The number of hydrogen-bond donors (Lipinski definition) is 1. The molecule has 0 spiro atoms. The molecule has 2 heterocycles. The van der Waals surface area contributed by atoms with Gasteiger partial charge in [0.15, 0.2) is 11.6 Å². The monoisotopic (exact) mass is 386 g/mol. The number of hydrogen-bond acceptors (Lipinski definition) is 4. The zero-order valence-corrected chi connectivity index (χ0v) is 13.4. The Kier molecular flexibility index (Phi) is 3.68. The lowest BCUT2D eigenvalue weighted by molar-refractivity contribution is 0.180. The van der Waals surface area contributed by atoms with Gasteiger partial charge < -0.3 is 14.1 Å². The molecule has 1 aliphatic carbocycles. The molecular weight excluding hydrogens is 371 g/mol. The van der Waals surface area contributed by atoms with Crippen molar-refractivity contribution in [1.82, 2.24) is 9.97 Å². The third kappa shape index (κ3) is 2.54. The van der Waals surface area contributed by atoms with Gasteiger partial charge in [0.25, 0.3) is 5.56 Å². The number of aromatic nitrogens is 2. The minimum atomic E-state index is -0.166. The van der Waals surface area contributed by atoms with E-state index in [0.717, 1.165) is 5.76 Å². The van der Waals surface area contributed by atoms with Crippen molar-refractivity contribution in [2.45, 2.75) is 25.9 Å². The number of ether oxygens (including phenoxy) is 1. The summed E-state index contributed by atoms with van der Waals surface area (Å²) in [6.45, 7) is 2.51. The van der Waals surface area contributed by atoms with Crippen LogP contribution in [0.4, 0.5) is 0 Å². The second-order valence-electron chi connectivity index (χ2n) is 5.13. The Balaban J connectivity index is 1.97. The number of methoxy groups -OCH3 is 1. The van der Waals surface area contributed by atoms with E-state index in [0.29, 0.717) is 39.3 Å². The highest BCUT2D eigenvalue weighted by Crippen LogP contribution is 2.47. The molecule has 2 aromatic rings. The molecule has 5 nitrogen and oxygen atoms in total. The SMILES string of the molecule is COCc1nc(-c2ccc(C3CC3C)o2)[nH]c(=O)c1I. The lowest BCUT2D eigenvalue weighted by atomic mass is 10.3. The van der Waals surface area contributed by atoms with Gasteiger partial charge in [-0.2, -0.15) is 0 Å².